The van der Waals surface area contributed by atoms with Gasteiger partial charge in [-0.2, -0.15) is 0 Å². The lowest BCUT2D eigenvalue weighted by Gasteiger charge is -2.25. The molecular formula is C30H31FN4O2. The largest absolute Gasteiger partial charge is 0.361 e. The molecule has 2 aliphatic heterocycles. The van der Waals surface area contributed by atoms with E-state index in [0.29, 0.717) is 24.5 Å². The third kappa shape index (κ3) is 3.87. The summed E-state index contributed by atoms with van der Waals surface area (Å²) in [6.07, 6.45) is 8.13. The molecule has 7 heteroatoms. The van der Waals surface area contributed by atoms with Gasteiger partial charge in [-0.3, -0.25) is 19.5 Å². The molecule has 1 atom stereocenters. The lowest BCUT2D eigenvalue weighted by molar-refractivity contribution is -0.131. The fourth-order valence-electron chi connectivity index (χ4n) is 6.46. The molecule has 1 N–H and O–H groups in total. The summed E-state index contributed by atoms with van der Waals surface area (Å²) < 4.78 is 15.7. The molecule has 37 heavy (non-hydrogen) atoms. The van der Waals surface area contributed by atoms with Gasteiger partial charge in [-0.1, -0.05) is 25.0 Å². The number of fused-ring (bicyclic) bond motifs is 1. The molecule has 2 saturated carbocycles. The molecule has 3 aromatic rings. The highest BCUT2D eigenvalue weighted by molar-refractivity contribution is 6.15. The fourth-order valence-corrected chi connectivity index (χ4v) is 6.46. The average Bonchev–Trinajstić information content (AvgIpc) is 3.25. The van der Waals surface area contributed by atoms with Gasteiger partial charge in [-0.15, -0.1) is 0 Å². The number of nitrogens with zero attached hydrogens (tertiary/aromatic N) is 3. The van der Waals surface area contributed by atoms with E-state index < -0.39 is 5.54 Å². The minimum Gasteiger partial charge on any atom is -0.361 e. The minimum atomic E-state index is -0.748. The third-order valence-corrected chi connectivity index (χ3v) is 8.71. The number of rotatable bonds is 5. The first-order valence-corrected chi connectivity index (χ1v) is 13.6. The highest BCUT2D eigenvalue weighted by atomic mass is 19.1. The van der Waals surface area contributed by atoms with Gasteiger partial charge in [-0.05, 0) is 84.9 Å². The van der Waals surface area contributed by atoms with Gasteiger partial charge in [0.15, 0.2) is 0 Å². The van der Waals surface area contributed by atoms with Crippen molar-refractivity contribution >= 4 is 28.6 Å². The third-order valence-electron chi connectivity index (χ3n) is 8.71. The fraction of sp³-hybridized carbons (Fsp3) is 0.433. The summed E-state index contributed by atoms with van der Waals surface area (Å²) in [5.41, 5.74) is 2.41. The lowest BCUT2D eigenvalue weighted by Crippen LogP contribution is -2.44. The monoisotopic (exact) mass is 498 g/mol. The Balaban J connectivity index is 1.18. The minimum absolute atomic E-state index is 0.00774. The van der Waals surface area contributed by atoms with Crippen LogP contribution in [0.15, 0.2) is 53.7 Å². The normalized spacial score (nSPS) is 23.0. The first kappa shape index (κ1) is 22.7. The number of carbonyl (C=O) groups excluding carboxylic acids is 2. The Morgan fingerprint density at radius 1 is 1.05 bits per heavy atom. The lowest BCUT2D eigenvalue weighted by atomic mass is 9.97. The smallest absolute Gasteiger partial charge is 0.256 e. The summed E-state index contributed by atoms with van der Waals surface area (Å²) in [6.45, 7) is 1.90. The number of aromatic nitrogens is 1. The predicted octanol–water partition coefficient (Wildman–Crippen LogP) is 5.13. The summed E-state index contributed by atoms with van der Waals surface area (Å²) in [7, 11) is 0. The zero-order valence-electron chi connectivity index (χ0n) is 20.9. The highest BCUT2D eigenvalue weighted by Gasteiger charge is 2.51. The number of aliphatic imine (C=N–C) groups is 1. The number of carbonyl (C=O) groups is 2. The molecule has 3 fully saturated rings. The van der Waals surface area contributed by atoms with E-state index in [-0.39, 0.29) is 29.5 Å². The molecule has 6 nitrogen and oxygen atoms in total. The molecular weight excluding hydrogens is 467 g/mol. The van der Waals surface area contributed by atoms with Crippen LogP contribution in [0, 0.1) is 17.7 Å². The van der Waals surface area contributed by atoms with Gasteiger partial charge in [0.05, 0.1) is 5.56 Å². The van der Waals surface area contributed by atoms with Crippen LogP contribution in [0.1, 0.15) is 50.5 Å². The number of H-pyrrole nitrogens is 1. The van der Waals surface area contributed by atoms with E-state index in [2.05, 4.69) is 4.98 Å². The van der Waals surface area contributed by atoms with Crippen LogP contribution >= 0.6 is 0 Å². The second kappa shape index (κ2) is 8.54. The summed E-state index contributed by atoms with van der Waals surface area (Å²) in [6, 6.07) is 13.3. The molecule has 1 saturated heterocycles. The van der Waals surface area contributed by atoms with Crippen LogP contribution in [0.2, 0.25) is 0 Å². The summed E-state index contributed by atoms with van der Waals surface area (Å²) >= 11 is 0. The average molecular weight is 499 g/mol. The molecule has 0 bridgehead atoms. The quantitative estimate of drug-likeness (QED) is 0.530. The van der Waals surface area contributed by atoms with Gasteiger partial charge >= 0.3 is 0 Å². The van der Waals surface area contributed by atoms with E-state index >= 15 is 4.39 Å². The Labute approximate surface area is 215 Å². The van der Waals surface area contributed by atoms with Crippen LogP contribution in [0.25, 0.3) is 22.0 Å². The summed E-state index contributed by atoms with van der Waals surface area (Å²) in [4.78, 5) is 38.1. The zero-order valence-corrected chi connectivity index (χ0v) is 20.9. The maximum Gasteiger partial charge on any atom is 0.256 e. The molecule has 1 spiro atoms. The molecule has 1 aromatic heterocycles. The Bertz CT molecular complexity index is 1430. The van der Waals surface area contributed by atoms with Gasteiger partial charge < -0.3 is 9.88 Å². The van der Waals surface area contributed by atoms with Crippen molar-refractivity contribution in [3.63, 3.8) is 0 Å². The molecule has 2 aliphatic carbocycles. The van der Waals surface area contributed by atoms with Crippen molar-refractivity contribution in [3.05, 3.63) is 60.0 Å². The number of aromatic amines is 1. The number of halogens is 1. The summed E-state index contributed by atoms with van der Waals surface area (Å²) in [5, 5.41) is 1.08. The molecule has 4 aliphatic rings. The van der Waals surface area contributed by atoms with Crippen LogP contribution < -0.4 is 0 Å². The van der Waals surface area contributed by atoms with Crippen molar-refractivity contribution in [2.24, 2.45) is 16.8 Å². The van der Waals surface area contributed by atoms with Crippen molar-refractivity contribution in [1.82, 2.24) is 14.8 Å². The first-order valence-electron chi connectivity index (χ1n) is 13.6. The van der Waals surface area contributed by atoms with E-state index in [1.54, 1.807) is 17.0 Å². The van der Waals surface area contributed by atoms with E-state index in [9.17, 15) is 9.59 Å². The molecule has 2 amide bonds. The van der Waals surface area contributed by atoms with Crippen LogP contribution in [-0.2, 0) is 9.59 Å². The molecule has 1 unspecified atom stereocenters. The van der Waals surface area contributed by atoms with Crippen LogP contribution in [0.3, 0.4) is 0 Å². The van der Waals surface area contributed by atoms with Gasteiger partial charge in [0.2, 0.25) is 5.91 Å². The first-order chi connectivity index (χ1) is 18.0. The number of likely N-dealkylation sites (tertiary alicyclic amines) is 1. The summed E-state index contributed by atoms with van der Waals surface area (Å²) in [5.74, 6) is 0.754. The molecule has 3 heterocycles. The van der Waals surface area contributed by atoms with Gasteiger partial charge in [-0.25, -0.2) is 4.39 Å². The van der Waals surface area contributed by atoms with Gasteiger partial charge in [0, 0.05) is 37.3 Å². The number of hydrogen-bond donors (Lipinski definition) is 1. The topological polar surface area (TPSA) is 68.8 Å². The Morgan fingerprint density at radius 2 is 1.84 bits per heavy atom. The van der Waals surface area contributed by atoms with E-state index in [0.717, 1.165) is 73.5 Å². The van der Waals surface area contributed by atoms with E-state index in [4.69, 9.17) is 4.99 Å². The van der Waals surface area contributed by atoms with Crippen molar-refractivity contribution in [2.75, 3.05) is 19.6 Å². The van der Waals surface area contributed by atoms with E-state index in [1.807, 2.05) is 41.4 Å². The van der Waals surface area contributed by atoms with Gasteiger partial charge in [0.1, 0.15) is 17.2 Å². The Hall–Kier alpha value is -3.48. The van der Waals surface area contributed by atoms with Crippen LogP contribution in [-0.4, -0.2) is 57.6 Å². The van der Waals surface area contributed by atoms with Crippen molar-refractivity contribution in [3.8, 4) is 11.1 Å². The highest BCUT2D eigenvalue weighted by Crippen LogP contribution is 2.41. The van der Waals surface area contributed by atoms with Crippen molar-refractivity contribution in [1.29, 1.82) is 0 Å². The molecule has 2 aromatic carbocycles. The number of amides is 2. The Morgan fingerprint density at radius 3 is 2.62 bits per heavy atom. The number of hydrogen-bond acceptors (Lipinski definition) is 3. The van der Waals surface area contributed by atoms with Crippen molar-refractivity contribution < 1.29 is 14.0 Å². The van der Waals surface area contributed by atoms with Crippen LogP contribution in [0.5, 0.6) is 0 Å². The number of amidine groups is 1. The number of benzene rings is 2. The second-order valence-electron chi connectivity index (χ2n) is 11.3. The van der Waals surface area contributed by atoms with Crippen molar-refractivity contribution in [2.45, 2.75) is 50.5 Å². The maximum absolute atomic E-state index is 15.7. The van der Waals surface area contributed by atoms with E-state index in [1.165, 1.54) is 0 Å². The Kier molecular flexibility index (Phi) is 5.24. The van der Waals surface area contributed by atoms with Crippen LogP contribution in [0.4, 0.5) is 4.39 Å². The van der Waals surface area contributed by atoms with Gasteiger partial charge in [0.25, 0.3) is 5.91 Å². The molecule has 7 rings (SSSR count). The second-order valence-corrected chi connectivity index (χ2v) is 11.3. The maximum atomic E-state index is 15.7. The number of nitrogens with one attached hydrogen (secondary N) is 1. The molecule has 0 radical (unpaired) electrons. The predicted molar refractivity (Wildman–Crippen MR) is 141 cm³/mol. The SMILES string of the molecule is O=C(C1CC1)N1CCC(CN2C(=O)C3(CCCC3)N=C2c2ccc(-c3ccc4[nH]ccc4c3)cc2F)C1. The zero-order chi connectivity index (χ0) is 25.1. The molecule has 190 valence electrons. The standard InChI is InChI=1S/C30H31FN4O2/c31-25-16-22(21-6-8-26-23(15-21)9-13-32-26)5-7-24(25)27-33-30(11-1-2-12-30)29(37)35(27)18-19-10-14-34(17-19)28(36)20-3-4-20/h5-9,13,15-16,19-20,32H,1-4,10-12,14,17-18H2.